The Kier molecular flexibility index (Phi) is 4.08. The van der Waals surface area contributed by atoms with Crippen molar-refractivity contribution in [2.75, 3.05) is 6.54 Å². The normalized spacial score (nSPS) is 24.3. The quantitative estimate of drug-likeness (QED) is 0.569. The van der Waals surface area contributed by atoms with Crippen LogP contribution in [0.2, 0.25) is 3.64 Å². The van der Waals surface area contributed by atoms with Gasteiger partial charge in [0.1, 0.15) is 0 Å². The summed E-state index contributed by atoms with van der Waals surface area (Å²) in [6.07, 6.45) is 2.73. The molecule has 52 valence electrons. The van der Waals surface area contributed by atoms with Crippen LogP contribution >= 0.6 is 0 Å². The molecule has 0 radical (unpaired) electrons. The molecule has 0 aromatic heterocycles. The molecule has 1 atom stereocenters. The average Bonchev–Trinajstić information content (AvgIpc) is 2.43. The van der Waals surface area contributed by atoms with E-state index in [4.69, 9.17) is 0 Å². The summed E-state index contributed by atoms with van der Waals surface area (Å²) in [6.45, 7) is 1.22. The second-order valence-corrected chi connectivity index (χ2v) is 6.00. The predicted octanol–water partition coefficient (Wildman–Crippen LogP) is -0.243. The zero-order chi connectivity index (χ0) is 7.40. The van der Waals surface area contributed by atoms with Crippen LogP contribution in [0.25, 0.3) is 0 Å². The Hall–Kier alpha value is 0.765. The zero-order valence-corrected chi connectivity index (χ0v) is 8.65. The Labute approximate surface area is 74.7 Å². The molecule has 0 aromatic carbocycles. The molecule has 1 aliphatic rings. The van der Waals surface area contributed by atoms with Crippen LogP contribution in [0, 0.1) is 0 Å². The Bertz CT molecular complexity index is 122. The van der Waals surface area contributed by atoms with E-state index < -0.39 is 0 Å². The van der Waals surface area contributed by atoms with Crippen LogP contribution < -0.4 is 5.32 Å². The van der Waals surface area contributed by atoms with Gasteiger partial charge in [-0.2, -0.15) is 0 Å². The fourth-order valence-corrected chi connectivity index (χ4v) is 3.55. The first-order valence-corrected chi connectivity index (χ1v) is 6.83. The number of rotatable bonds is 3. The van der Waals surface area contributed by atoms with Crippen molar-refractivity contribution in [2.45, 2.75) is 22.5 Å². The SMILES string of the molecule is [CH2]=[Al][CH]([Al]=[CH2])C1CCCN1. The van der Waals surface area contributed by atoms with Crippen molar-refractivity contribution in [2.24, 2.45) is 0 Å². The molecular weight excluding hydrogens is 152 g/mol. The Balaban J connectivity index is 2.43. The van der Waals surface area contributed by atoms with E-state index in [0.29, 0.717) is 29.6 Å². The van der Waals surface area contributed by atoms with Crippen LogP contribution in [0.5, 0.6) is 0 Å². The first kappa shape index (κ1) is 8.86. The van der Waals surface area contributed by atoms with Gasteiger partial charge in [0.25, 0.3) is 0 Å². The Morgan fingerprint density at radius 3 is 2.50 bits per heavy atom. The van der Waals surface area contributed by atoms with Crippen LogP contribution in [0.15, 0.2) is 0 Å². The van der Waals surface area contributed by atoms with Crippen LogP contribution in [0.4, 0.5) is 0 Å². The number of hydrogen-bond donors (Lipinski definition) is 1. The predicted molar refractivity (Wildman–Crippen MR) is 50.5 cm³/mol. The van der Waals surface area contributed by atoms with Crippen molar-refractivity contribution >= 4 is 40.3 Å². The van der Waals surface area contributed by atoms with E-state index >= 15 is 0 Å². The molecule has 3 heteroatoms. The molecule has 0 aromatic rings. The Morgan fingerprint density at radius 1 is 1.40 bits per heavy atom. The summed E-state index contributed by atoms with van der Waals surface area (Å²) >= 11 is 0.805. The third-order valence-electron chi connectivity index (χ3n) is 2.11. The van der Waals surface area contributed by atoms with E-state index in [2.05, 4.69) is 16.1 Å². The second kappa shape index (κ2) is 4.60. The molecule has 0 aliphatic carbocycles. The van der Waals surface area contributed by atoms with Crippen molar-refractivity contribution in [3.05, 3.63) is 0 Å². The van der Waals surface area contributed by atoms with Gasteiger partial charge in [0, 0.05) is 0 Å². The first-order chi connectivity index (χ1) is 4.88. The number of nitrogens with one attached hydrogen (secondary N) is 1. The molecule has 0 spiro atoms. The molecule has 0 amide bonds. The van der Waals surface area contributed by atoms with Crippen molar-refractivity contribution in [3.8, 4) is 0 Å². The monoisotopic (exact) mass is 165 g/mol. The standard InChI is InChI=1S/C5H9N.2CH2.2Al/c1-5-3-2-4-6-5;;;;/h1,5-6H,2-4H2;2*1H2;;. The van der Waals surface area contributed by atoms with Gasteiger partial charge in [-0.25, -0.2) is 0 Å². The maximum absolute atomic E-state index is 4.03. The Morgan fingerprint density at radius 2 is 2.10 bits per heavy atom. The third-order valence-corrected chi connectivity index (χ3v) is 5.76. The molecule has 1 N–H and O–H groups in total. The molecule has 0 bridgehead atoms. The van der Waals surface area contributed by atoms with Gasteiger partial charge in [0.05, 0.1) is 0 Å². The van der Waals surface area contributed by atoms with Gasteiger partial charge >= 0.3 is 74.7 Å². The fraction of sp³-hybridized carbons (Fsp3) is 0.714. The van der Waals surface area contributed by atoms with E-state index in [1.54, 1.807) is 0 Å². The van der Waals surface area contributed by atoms with E-state index in [1.165, 1.54) is 19.4 Å². The van der Waals surface area contributed by atoms with Gasteiger partial charge in [0.2, 0.25) is 0 Å². The second-order valence-electron chi connectivity index (χ2n) is 2.75. The van der Waals surface area contributed by atoms with Gasteiger partial charge in [-0.15, -0.1) is 0 Å². The summed E-state index contributed by atoms with van der Waals surface area (Å²) in [5, 5.41) is 11.6. The molecule has 0 saturated carbocycles. The fourth-order valence-electron chi connectivity index (χ4n) is 1.46. The van der Waals surface area contributed by atoms with Gasteiger partial charge in [-0.05, 0) is 0 Å². The van der Waals surface area contributed by atoms with Crippen LogP contribution in [0.3, 0.4) is 0 Å². The zero-order valence-electron chi connectivity index (χ0n) is 6.34. The van der Waals surface area contributed by atoms with Crippen molar-refractivity contribution in [1.82, 2.24) is 5.32 Å². The van der Waals surface area contributed by atoms with Gasteiger partial charge in [-0.1, -0.05) is 0 Å². The summed E-state index contributed by atoms with van der Waals surface area (Å²) < 4.78 is 0.877. The summed E-state index contributed by atoms with van der Waals surface area (Å²) in [5.74, 6) is 0. The van der Waals surface area contributed by atoms with Gasteiger partial charge < -0.3 is 0 Å². The van der Waals surface area contributed by atoms with Crippen LogP contribution in [-0.4, -0.2) is 52.9 Å². The maximum atomic E-state index is 4.03. The van der Waals surface area contributed by atoms with Crippen LogP contribution in [0.1, 0.15) is 12.8 Å². The summed E-state index contributed by atoms with van der Waals surface area (Å²) in [4.78, 5) is 0. The minimum absolute atomic E-state index is 0.403. The van der Waals surface area contributed by atoms with E-state index in [0.717, 1.165) is 9.68 Å². The third kappa shape index (κ3) is 2.13. The molecule has 1 saturated heterocycles. The van der Waals surface area contributed by atoms with Crippen molar-refractivity contribution in [3.63, 3.8) is 0 Å². The minimum atomic E-state index is 0.403. The summed E-state index contributed by atoms with van der Waals surface area (Å²) in [5.41, 5.74) is 0. The van der Waals surface area contributed by atoms with Crippen LogP contribution in [-0.2, 0) is 0 Å². The average molecular weight is 165 g/mol. The molecule has 1 nitrogen and oxygen atoms in total. The summed E-state index contributed by atoms with van der Waals surface area (Å²) in [6, 6.07) is 0.792. The molecular formula is C7H13Al2N. The first-order valence-electron chi connectivity index (χ1n) is 3.87. The molecule has 1 heterocycles. The van der Waals surface area contributed by atoms with Crippen molar-refractivity contribution in [1.29, 1.82) is 0 Å². The van der Waals surface area contributed by atoms with E-state index in [-0.39, 0.29) is 0 Å². The molecule has 1 fully saturated rings. The number of hydrogen-bond acceptors (Lipinski definition) is 1. The molecule has 1 rings (SSSR count). The van der Waals surface area contributed by atoms with E-state index in [9.17, 15) is 0 Å². The molecule has 10 heavy (non-hydrogen) atoms. The molecule has 1 aliphatic heterocycles. The van der Waals surface area contributed by atoms with Crippen molar-refractivity contribution < 1.29 is 0 Å². The molecule has 1 unspecified atom stereocenters. The van der Waals surface area contributed by atoms with E-state index in [1.807, 2.05) is 0 Å². The summed E-state index contributed by atoms with van der Waals surface area (Å²) in [7, 11) is 0. The topological polar surface area (TPSA) is 12.0 Å². The van der Waals surface area contributed by atoms with Gasteiger partial charge in [-0.3, -0.25) is 0 Å². The van der Waals surface area contributed by atoms with Gasteiger partial charge in [0.15, 0.2) is 0 Å².